The number of carboxylic acids is 1. The van der Waals surface area contributed by atoms with Crippen LogP contribution in [0.3, 0.4) is 0 Å². The van der Waals surface area contributed by atoms with Gasteiger partial charge in [-0.3, -0.25) is 0 Å². The fourth-order valence-electron chi connectivity index (χ4n) is 2.85. The molecular weight excluding hydrogens is 271 g/mol. The molecule has 0 atom stereocenters. The highest BCUT2D eigenvalue weighted by atomic mass is 19.1. The van der Waals surface area contributed by atoms with Crippen LogP contribution in [0.1, 0.15) is 28.8 Å². The monoisotopic (exact) mass is 294 g/mol. The van der Waals surface area contributed by atoms with Gasteiger partial charge in [0.2, 0.25) is 0 Å². The van der Waals surface area contributed by atoms with Crippen molar-refractivity contribution in [3.8, 4) is 0 Å². The Labute approximate surface area is 125 Å². The van der Waals surface area contributed by atoms with Gasteiger partial charge in [-0.05, 0) is 58.1 Å². The Bertz CT molecular complexity index is 499. The molecule has 0 unspecified atom stereocenters. The van der Waals surface area contributed by atoms with E-state index in [0.29, 0.717) is 18.0 Å². The second kappa shape index (κ2) is 7.00. The molecule has 1 N–H and O–H groups in total. The Kier molecular flexibility index (Phi) is 5.31. The van der Waals surface area contributed by atoms with Crippen LogP contribution >= 0.6 is 0 Å². The molecule has 21 heavy (non-hydrogen) atoms. The number of benzene rings is 1. The van der Waals surface area contributed by atoms with Gasteiger partial charge in [0, 0.05) is 18.7 Å². The lowest BCUT2D eigenvalue weighted by molar-refractivity contribution is 0.0696. The molecule has 1 aliphatic rings. The standard InChI is InChI=1S/C16H23FN2O2/c1-18-7-5-12(6-8-18)10-19(2)11-14-4-3-13(16(20)21)9-15(14)17/h3-4,9,12H,5-8,10-11H2,1-2H3,(H,20,21). The highest BCUT2D eigenvalue weighted by molar-refractivity contribution is 5.87. The predicted molar refractivity (Wildman–Crippen MR) is 79.9 cm³/mol. The molecule has 1 fully saturated rings. The maximum Gasteiger partial charge on any atom is 0.335 e. The number of hydrogen-bond acceptors (Lipinski definition) is 3. The molecule has 0 spiro atoms. The van der Waals surface area contributed by atoms with Gasteiger partial charge >= 0.3 is 5.97 Å². The van der Waals surface area contributed by atoms with Gasteiger partial charge < -0.3 is 14.9 Å². The molecule has 1 saturated heterocycles. The van der Waals surface area contributed by atoms with Crippen molar-refractivity contribution < 1.29 is 14.3 Å². The first-order valence-electron chi connectivity index (χ1n) is 7.34. The van der Waals surface area contributed by atoms with Crippen LogP contribution in [-0.2, 0) is 6.54 Å². The lowest BCUT2D eigenvalue weighted by atomic mass is 9.96. The summed E-state index contributed by atoms with van der Waals surface area (Å²) in [4.78, 5) is 15.2. The fraction of sp³-hybridized carbons (Fsp3) is 0.562. The van der Waals surface area contributed by atoms with Crippen LogP contribution in [-0.4, -0.2) is 54.6 Å². The summed E-state index contributed by atoms with van der Waals surface area (Å²) in [5.41, 5.74) is 0.546. The lowest BCUT2D eigenvalue weighted by Crippen LogP contribution is -2.35. The number of nitrogens with zero attached hydrogens (tertiary/aromatic N) is 2. The quantitative estimate of drug-likeness (QED) is 0.905. The smallest absolute Gasteiger partial charge is 0.335 e. The zero-order chi connectivity index (χ0) is 15.4. The molecule has 116 valence electrons. The van der Waals surface area contributed by atoms with Crippen LogP contribution in [0.2, 0.25) is 0 Å². The Morgan fingerprint density at radius 3 is 2.67 bits per heavy atom. The van der Waals surface area contributed by atoms with Crippen molar-refractivity contribution in [3.63, 3.8) is 0 Å². The zero-order valence-electron chi connectivity index (χ0n) is 12.7. The minimum Gasteiger partial charge on any atom is -0.478 e. The lowest BCUT2D eigenvalue weighted by Gasteiger charge is -2.31. The summed E-state index contributed by atoms with van der Waals surface area (Å²) >= 11 is 0. The Morgan fingerprint density at radius 2 is 2.10 bits per heavy atom. The van der Waals surface area contributed by atoms with Crippen LogP contribution in [0.15, 0.2) is 18.2 Å². The molecule has 0 aliphatic carbocycles. The highest BCUT2D eigenvalue weighted by Gasteiger charge is 2.18. The van der Waals surface area contributed by atoms with Crippen LogP contribution in [0.5, 0.6) is 0 Å². The number of piperidine rings is 1. The molecule has 0 saturated carbocycles. The van der Waals surface area contributed by atoms with Crippen LogP contribution in [0.25, 0.3) is 0 Å². The third-order valence-electron chi connectivity index (χ3n) is 4.15. The van der Waals surface area contributed by atoms with Gasteiger partial charge in [-0.25, -0.2) is 9.18 Å². The van der Waals surface area contributed by atoms with Crippen molar-refractivity contribution in [2.75, 3.05) is 33.7 Å². The molecule has 4 nitrogen and oxygen atoms in total. The summed E-state index contributed by atoms with van der Waals surface area (Å²) in [7, 11) is 4.13. The van der Waals surface area contributed by atoms with E-state index in [-0.39, 0.29) is 5.56 Å². The molecule has 5 heteroatoms. The van der Waals surface area contributed by atoms with Gasteiger partial charge in [-0.15, -0.1) is 0 Å². The number of likely N-dealkylation sites (tertiary alicyclic amines) is 1. The second-order valence-corrected chi connectivity index (χ2v) is 6.05. The number of halogens is 1. The molecule has 0 radical (unpaired) electrons. The first-order valence-corrected chi connectivity index (χ1v) is 7.34. The van der Waals surface area contributed by atoms with Gasteiger partial charge in [0.1, 0.15) is 5.82 Å². The van der Waals surface area contributed by atoms with Gasteiger partial charge in [0.25, 0.3) is 0 Å². The van der Waals surface area contributed by atoms with Gasteiger partial charge in [-0.1, -0.05) is 6.07 Å². The molecular formula is C16H23FN2O2. The van der Waals surface area contributed by atoms with Crippen molar-refractivity contribution in [3.05, 3.63) is 35.1 Å². The summed E-state index contributed by atoms with van der Waals surface area (Å²) in [5.74, 6) is -0.877. The molecule has 0 aromatic heterocycles. The van der Waals surface area contributed by atoms with E-state index in [1.807, 2.05) is 7.05 Å². The number of hydrogen-bond donors (Lipinski definition) is 1. The van der Waals surface area contributed by atoms with Gasteiger partial charge in [-0.2, -0.15) is 0 Å². The number of carboxylic acid groups (broad SMARTS) is 1. The van der Waals surface area contributed by atoms with E-state index in [9.17, 15) is 9.18 Å². The van der Waals surface area contributed by atoms with Crippen LogP contribution < -0.4 is 0 Å². The van der Waals surface area contributed by atoms with E-state index < -0.39 is 11.8 Å². The average Bonchev–Trinajstić information content (AvgIpc) is 2.43. The average molecular weight is 294 g/mol. The largest absolute Gasteiger partial charge is 0.478 e. The number of rotatable bonds is 5. The number of carbonyl (C=O) groups is 1. The summed E-state index contributed by atoms with van der Waals surface area (Å²) < 4.78 is 13.9. The second-order valence-electron chi connectivity index (χ2n) is 6.05. The Balaban J connectivity index is 1.90. The summed E-state index contributed by atoms with van der Waals surface area (Å²) in [6.45, 7) is 3.71. The molecule has 1 aromatic rings. The van der Waals surface area contributed by atoms with Gasteiger partial charge in [0.15, 0.2) is 0 Å². The van der Waals surface area contributed by atoms with Crippen molar-refractivity contribution in [2.24, 2.45) is 5.92 Å². The normalized spacial score (nSPS) is 17.3. The topological polar surface area (TPSA) is 43.8 Å². The zero-order valence-corrected chi connectivity index (χ0v) is 12.7. The predicted octanol–water partition coefficient (Wildman–Crippen LogP) is 2.30. The van der Waals surface area contributed by atoms with Crippen molar-refractivity contribution in [1.82, 2.24) is 9.80 Å². The molecule has 1 aromatic carbocycles. The Hall–Kier alpha value is -1.46. The minimum atomic E-state index is -1.10. The number of aromatic carboxylic acids is 1. The minimum absolute atomic E-state index is 0.00535. The van der Waals surface area contributed by atoms with E-state index in [2.05, 4.69) is 16.8 Å². The van der Waals surface area contributed by atoms with Crippen molar-refractivity contribution >= 4 is 5.97 Å². The van der Waals surface area contributed by atoms with Gasteiger partial charge in [0.05, 0.1) is 5.56 Å². The van der Waals surface area contributed by atoms with E-state index in [1.54, 1.807) is 6.07 Å². The highest BCUT2D eigenvalue weighted by Crippen LogP contribution is 2.19. The van der Waals surface area contributed by atoms with E-state index in [0.717, 1.165) is 25.7 Å². The third kappa shape index (κ3) is 4.51. The summed E-state index contributed by atoms with van der Waals surface area (Å²) in [5, 5.41) is 8.84. The van der Waals surface area contributed by atoms with E-state index >= 15 is 0 Å². The maximum absolute atomic E-state index is 13.9. The van der Waals surface area contributed by atoms with Crippen LogP contribution in [0.4, 0.5) is 4.39 Å². The maximum atomic E-state index is 13.9. The summed E-state index contributed by atoms with van der Waals surface area (Å²) in [6.07, 6.45) is 2.36. The van der Waals surface area contributed by atoms with Crippen LogP contribution in [0, 0.1) is 11.7 Å². The molecule has 0 amide bonds. The third-order valence-corrected chi connectivity index (χ3v) is 4.15. The first-order chi connectivity index (χ1) is 9.95. The van der Waals surface area contributed by atoms with Crippen molar-refractivity contribution in [1.29, 1.82) is 0 Å². The Morgan fingerprint density at radius 1 is 1.43 bits per heavy atom. The SMILES string of the molecule is CN1CCC(CN(C)Cc2ccc(C(=O)O)cc2F)CC1. The van der Waals surface area contributed by atoms with E-state index in [4.69, 9.17) is 5.11 Å². The molecule has 0 bridgehead atoms. The first kappa shape index (κ1) is 15.9. The molecule has 2 rings (SSSR count). The fourth-order valence-corrected chi connectivity index (χ4v) is 2.85. The molecule has 1 aliphatic heterocycles. The molecule has 1 heterocycles. The van der Waals surface area contributed by atoms with Crippen molar-refractivity contribution in [2.45, 2.75) is 19.4 Å². The summed E-state index contributed by atoms with van der Waals surface area (Å²) in [6, 6.07) is 4.13. The van der Waals surface area contributed by atoms with E-state index in [1.165, 1.54) is 18.9 Å².